The van der Waals surface area contributed by atoms with Crippen LogP contribution in [0.1, 0.15) is 11.1 Å². The zero-order valence-electron chi connectivity index (χ0n) is 17.0. The largest absolute Gasteiger partial charge is 0.493 e. The fraction of sp³-hybridized carbons (Fsp3) is 0.273. The summed E-state index contributed by atoms with van der Waals surface area (Å²) in [6.45, 7) is -0.000616. The van der Waals surface area contributed by atoms with Gasteiger partial charge >= 0.3 is 0 Å². The lowest BCUT2D eigenvalue weighted by Gasteiger charge is -2.20. The molecule has 0 atom stereocenters. The minimum atomic E-state index is -0.481. The van der Waals surface area contributed by atoms with E-state index in [1.807, 2.05) is 0 Å². The number of benzene rings is 2. The first-order chi connectivity index (χ1) is 14.4. The SMILES string of the molecule is COc1ccc(C2=C(N(C)CCO)C(=O)N(Cc3ccc(F)cc3)C2=O)cc1OC. The number of imide groups is 1. The highest BCUT2D eigenvalue weighted by Crippen LogP contribution is 2.36. The second-order valence-electron chi connectivity index (χ2n) is 6.76. The van der Waals surface area contributed by atoms with Crippen molar-refractivity contribution in [1.82, 2.24) is 9.80 Å². The minimum absolute atomic E-state index is 0.00516. The first kappa shape index (κ1) is 21.3. The molecule has 0 spiro atoms. The summed E-state index contributed by atoms with van der Waals surface area (Å²) in [5.74, 6) is -0.442. The van der Waals surface area contributed by atoms with Crippen molar-refractivity contribution in [3.05, 3.63) is 65.1 Å². The van der Waals surface area contributed by atoms with Gasteiger partial charge in [0.1, 0.15) is 11.5 Å². The molecule has 0 aliphatic carbocycles. The standard InChI is InChI=1S/C22H23FN2O5/c1-24(10-11-26)20-19(15-6-9-17(29-2)18(12-15)30-3)21(27)25(22(20)28)13-14-4-7-16(23)8-5-14/h4-9,12,26H,10-11,13H2,1-3H3. The van der Waals surface area contributed by atoms with Gasteiger partial charge in [-0.3, -0.25) is 14.5 Å². The van der Waals surface area contributed by atoms with Crippen LogP contribution in [0.2, 0.25) is 0 Å². The first-order valence-corrected chi connectivity index (χ1v) is 9.30. The lowest BCUT2D eigenvalue weighted by molar-refractivity contribution is -0.138. The Hall–Kier alpha value is -3.39. The molecule has 3 rings (SSSR count). The highest BCUT2D eigenvalue weighted by Gasteiger charge is 2.40. The molecule has 1 aliphatic heterocycles. The molecule has 0 fully saturated rings. The summed E-state index contributed by atoms with van der Waals surface area (Å²) in [6, 6.07) is 10.6. The topological polar surface area (TPSA) is 79.3 Å². The van der Waals surface area contributed by atoms with Crippen molar-refractivity contribution in [3.63, 3.8) is 0 Å². The van der Waals surface area contributed by atoms with Gasteiger partial charge in [-0.05, 0) is 35.4 Å². The molecule has 1 N–H and O–H groups in total. The minimum Gasteiger partial charge on any atom is -0.493 e. The van der Waals surface area contributed by atoms with Crippen LogP contribution in [0.4, 0.5) is 4.39 Å². The molecular weight excluding hydrogens is 391 g/mol. The molecule has 0 aromatic heterocycles. The van der Waals surface area contributed by atoms with E-state index in [1.54, 1.807) is 30.1 Å². The zero-order chi connectivity index (χ0) is 21.8. The van der Waals surface area contributed by atoms with E-state index in [2.05, 4.69) is 0 Å². The predicted molar refractivity (Wildman–Crippen MR) is 108 cm³/mol. The van der Waals surface area contributed by atoms with Crippen molar-refractivity contribution in [1.29, 1.82) is 0 Å². The molecule has 2 aromatic rings. The monoisotopic (exact) mass is 414 g/mol. The molecule has 0 bridgehead atoms. The third-order valence-corrected chi connectivity index (χ3v) is 4.89. The molecule has 0 saturated carbocycles. The molecule has 1 heterocycles. The van der Waals surface area contributed by atoms with Gasteiger partial charge in [0.25, 0.3) is 11.8 Å². The average Bonchev–Trinajstić information content (AvgIpc) is 2.99. The smallest absolute Gasteiger partial charge is 0.278 e. The Morgan fingerprint density at radius 3 is 2.27 bits per heavy atom. The van der Waals surface area contributed by atoms with Gasteiger partial charge in [-0.15, -0.1) is 0 Å². The van der Waals surface area contributed by atoms with Gasteiger partial charge < -0.3 is 19.5 Å². The number of ether oxygens (including phenoxy) is 2. The quantitative estimate of drug-likeness (QED) is 0.666. The summed E-state index contributed by atoms with van der Waals surface area (Å²) in [4.78, 5) is 29.1. The van der Waals surface area contributed by atoms with Gasteiger partial charge in [-0.2, -0.15) is 0 Å². The number of hydrogen-bond donors (Lipinski definition) is 1. The Balaban J connectivity index is 2.05. The molecule has 2 amide bonds. The highest BCUT2D eigenvalue weighted by atomic mass is 19.1. The van der Waals surface area contributed by atoms with Crippen molar-refractivity contribution in [2.45, 2.75) is 6.54 Å². The van der Waals surface area contributed by atoms with E-state index in [-0.39, 0.29) is 31.0 Å². The van der Waals surface area contributed by atoms with Crippen LogP contribution in [-0.4, -0.2) is 61.1 Å². The van der Waals surface area contributed by atoms with E-state index < -0.39 is 17.6 Å². The number of aliphatic hydroxyl groups excluding tert-OH is 1. The van der Waals surface area contributed by atoms with E-state index in [0.29, 0.717) is 22.6 Å². The van der Waals surface area contributed by atoms with Crippen LogP contribution in [0.15, 0.2) is 48.2 Å². The number of rotatable bonds is 8. The first-order valence-electron chi connectivity index (χ1n) is 9.30. The van der Waals surface area contributed by atoms with Crippen LogP contribution in [0.3, 0.4) is 0 Å². The number of methoxy groups -OCH3 is 2. The maximum Gasteiger partial charge on any atom is 0.278 e. The van der Waals surface area contributed by atoms with Gasteiger partial charge in [0.15, 0.2) is 11.5 Å². The van der Waals surface area contributed by atoms with Gasteiger partial charge in [0, 0.05) is 13.6 Å². The van der Waals surface area contributed by atoms with E-state index in [9.17, 15) is 19.1 Å². The summed E-state index contributed by atoms with van der Waals surface area (Å²) in [5.41, 5.74) is 1.51. The number of amides is 2. The number of likely N-dealkylation sites (N-methyl/N-ethyl adjacent to an activating group) is 1. The number of carbonyl (C=O) groups excluding carboxylic acids is 2. The Bertz CT molecular complexity index is 988. The fourth-order valence-corrected chi connectivity index (χ4v) is 3.35. The molecule has 1 aliphatic rings. The third-order valence-electron chi connectivity index (χ3n) is 4.89. The molecule has 0 radical (unpaired) electrons. The molecule has 2 aromatic carbocycles. The van der Waals surface area contributed by atoms with Crippen molar-refractivity contribution in [3.8, 4) is 11.5 Å². The van der Waals surface area contributed by atoms with E-state index in [0.717, 1.165) is 4.90 Å². The lowest BCUT2D eigenvalue weighted by Crippen LogP contribution is -2.34. The van der Waals surface area contributed by atoms with Crippen molar-refractivity contribution < 1.29 is 28.6 Å². The lowest BCUT2D eigenvalue weighted by atomic mass is 10.0. The number of hydrogen-bond acceptors (Lipinski definition) is 6. The van der Waals surface area contributed by atoms with E-state index in [4.69, 9.17) is 9.47 Å². The Labute approximate surface area is 173 Å². The zero-order valence-corrected chi connectivity index (χ0v) is 17.0. The molecule has 8 heteroatoms. The highest BCUT2D eigenvalue weighted by molar-refractivity contribution is 6.35. The summed E-state index contributed by atoms with van der Waals surface area (Å²) in [6.07, 6.45) is 0. The maximum absolute atomic E-state index is 13.3. The number of carbonyl (C=O) groups is 2. The van der Waals surface area contributed by atoms with Crippen molar-refractivity contribution in [2.75, 3.05) is 34.4 Å². The molecule has 0 saturated heterocycles. The van der Waals surface area contributed by atoms with Crippen LogP contribution in [0, 0.1) is 5.82 Å². The number of nitrogens with zero attached hydrogens (tertiary/aromatic N) is 2. The van der Waals surface area contributed by atoms with Crippen LogP contribution < -0.4 is 9.47 Å². The summed E-state index contributed by atoms with van der Waals surface area (Å²) in [5, 5.41) is 9.34. The third kappa shape index (κ3) is 3.99. The molecular formula is C22H23FN2O5. The second kappa shape index (κ2) is 8.96. The normalized spacial score (nSPS) is 13.8. The van der Waals surface area contributed by atoms with Crippen LogP contribution in [0.5, 0.6) is 11.5 Å². The van der Waals surface area contributed by atoms with Crippen LogP contribution in [0.25, 0.3) is 5.57 Å². The Kier molecular flexibility index (Phi) is 6.37. The Morgan fingerprint density at radius 1 is 1.00 bits per heavy atom. The molecule has 30 heavy (non-hydrogen) atoms. The van der Waals surface area contributed by atoms with Crippen molar-refractivity contribution >= 4 is 17.4 Å². The van der Waals surface area contributed by atoms with Gasteiger partial charge in [0.2, 0.25) is 0 Å². The second-order valence-corrected chi connectivity index (χ2v) is 6.76. The number of aliphatic hydroxyl groups is 1. The summed E-state index contributed by atoms with van der Waals surface area (Å²) in [7, 11) is 4.63. The average molecular weight is 414 g/mol. The molecule has 0 unspecified atom stereocenters. The molecule has 158 valence electrons. The fourth-order valence-electron chi connectivity index (χ4n) is 3.35. The van der Waals surface area contributed by atoms with Gasteiger partial charge in [-0.1, -0.05) is 18.2 Å². The Morgan fingerprint density at radius 2 is 1.67 bits per heavy atom. The van der Waals surface area contributed by atoms with Crippen LogP contribution in [-0.2, 0) is 16.1 Å². The summed E-state index contributed by atoms with van der Waals surface area (Å²) >= 11 is 0. The van der Waals surface area contributed by atoms with Crippen LogP contribution >= 0.6 is 0 Å². The predicted octanol–water partition coefficient (Wildman–Crippen LogP) is 2.05. The molecule has 7 nitrogen and oxygen atoms in total. The number of halogens is 1. The van der Waals surface area contributed by atoms with E-state index in [1.165, 1.54) is 38.5 Å². The maximum atomic E-state index is 13.3. The van der Waals surface area contributed by atoms with Crippen molar-refractivity contribution in [2.24, 2.45) is 0 Å². The van der Waals surface area contributed by atoms with E-state index >= 15 is 0 Å². The van der Waals surface area contributed by atoms with Gasteiger partial charge in [0.05, 0.1) is 32.9 Å². The summed E-state index contributed by atoms with van der Waals surface area (Å²) < 4.78 is 23.8. The van der Waals surface area contributed by atoms with Gasteiger partial charge in [-0.25, -0.2) is 4.39 Å².